The highest BCUT2D eigenvalue weighted by molar-refractivity contribution is 5.92. The van der Waals surface area contributed by atoms with Crippen LogP contribution >= 0.6 is 0 Å². The van der Waals surface area contributed by atoms with Crippen LogP contribution in [0.15, 0.2) is 66.7 Å². The Labute approximate surface area is 175 Å². The van der Waals surface area contributed by atoms with Crippen molar-refractivity contribution in [1.29, 1.82) is 0 Å². The number of phenols is 2. The second kappa shape index (κ2) is 9.69. The van der Waals surface area contributed by atoms with Crippen LogP contribution in [0, 0.1) is 5.92 Å². The van der Waals surface area contributed by atoms with E-state index in [4.69, 9.17) is 0 Å². The minimum absolute atomic E-state index is 0.141. The van der Waals surface area contributed by atoms with Crippen molar-refractivity contribution >= 4 is 12.2 Å². The molecule has 154 valence electrons. The number of hydrogen-bond acceptors (Lipinski definition) is 5. The molecule has 0 spiro atoms. The van der Waals surface area contributed by atoms with Gasteiger partial charge in [0.25, 0.3) is 0 Å². The van der Waals surface area contributed by atoms with Gasteiger partial charge in [-0.15, -0.1) is 0 Å². The summed E-state index contributed by atoms with van der Waals surface area (Å²) in [5, 5.41) is 18.9. The van der Waals surface area contributed by atoms with Gasteiger partial charge in [-0.1, -0.05) is 18.2 Å². The molecule has 0 bridgehead atoms. The molecule has 1 unspecified atom stereocenters. The molecule has 3 aromatic rings. The largest absolute Gasteiger partial charge is 0.508 e. The Balaban J connectivity index is 1.74. The molecule has 0 saturated heterocycles. The molecular weight excluding hydrogens is 380 g/mol. The first-order valence-corrected chi connectivity index (χ1v) is 9.77. The van der Waals surface area contributed by atoms with Gasteiger partial charge in [0, 0.05) is 12.1 Å². The van der Waals surface area contributed by atoms with Gasteiger partial charge in [-0.3, -0.25) is 9.78 Å². The van der Waals surface area contributed by atoms with E-state index >= 15 is 0 Å². The zero-order valence-electron chi connectivity index (χ0n) is 16.7. The van der Waals surface area contributed by atoms with Gasteiger partial charge in [0.2, 0.25) is 5.91 Å². The zero-order chi connectivity index (χ0) is 21.5. The topological polar surface area (TPSA) is 90.7 Å². The SMILES string of the molecule is CCN(Cc1cccc(-c2ccc(O)cc2)n1)C(=O)C(C=O)Cc1ccc(O)cc1. The van der Waals surface area contributed by atoms with Crippen molar-refractivity contribution in [2.24, 2.45) is 5.92 Å². The van der Waals surface area contributed by atoms with E-state index in [1.54, 1.807) is 41.3 Å². The molecule has 2 aromatic carbocycles. The average molecular weight is 404 g/mol. The number of rotatable bonds is 8. The van der Waals surface area contributed by atoms with Gasteiger partial charge < -0.3 is 19.9 Å². The smallest absolute Gasteiger partial charge is 0.233 e. The number of pyridine rings is 1. The summed E-state index contributed by atoms with van der Waals surface area (Å²) in [5.41, 5.74) is 3.13. The van der Waals surface area contributed by atoms with E-state index < -0.39 is 5.92 Å². The van der Waals surface area contributed by atoms with Crippen LogP contribution in [-0.2, 0) is 22.6 Å². The minimum atomic E-state index is -0.797. The van der Waals surface area contributed by atoms with Crippen LogP contribution < -0.4 is 0 Å². The lowest BCUT2D eigenvalue weighted by Gasteiger charge is -2.24. The third kappa shape index (κ3) is 5.23. The van der Waals surface area contributed by atoms with Crippen molar-refractivity contribution in [3.8, 4) is 22.8 Å². The van der Waals surface area contributed by atoms with Crippen LogP contribution in [-0.4, -0.2) is 38.8 Å². The molecule has 1 amide bonds. The minimum Gasteiger partial charge on any atom is -0.508 e. The summed E-state index contributed by atoms with van der Waals surface area (Å²) in [6, 6.07) is 18.8. The lowest BCUT2D eigenvalue weighted by molar-refractivity contribution is -0.138. The van der Waals surface area contributed by atoms with E-state index in [-0.39, 0.29) is 23.8 Å². The fraction of sp³-hybridized carbons (Fsp3) is 0.208. The molecule has 0 fully saturated rings. The first-order chi connectivity index (χ1) is 14.5. The Hall–Kier alpha value is -3.67. The number of nitrogens with zero attached hydrogens (tertiary/aromatic N) is 2. The normalized spacial score (nSPS) is 11.6. The lowest BCUT2D eigenvalue weighted by atomic mass is 9.99. The molecule has 6 heteroatoms. The molecular formula is C24H24N2O4. The molecule has 0 aliphatic heterocycles. The number of hydrogen-bond donors (Lipinski definition) is 2. The molecule has 0 radical (unpaired) electrons. The average Bonchev–Trinajstić information content (AvgIpc) is 2.77. The Morgan fingerprint density at radius 3 is 2.23 bits per heavy atom. The summed E-state index contributed by atoms with van der Waals surface area (Å²) in [6.07, 6.45) is 0.957. The van der Waals surface area contributed by atoms with Crippen molar-refractivity contribution in [3.63, 3.8) is 0 Å². The van der Waals surface area contributed by atoms with Crippen LogP contribution in [0.1, 0.15) is 18.2 Å². The maximum absolute atomic E-state index is 13.0. The molecule has 0 aliphatic carbocycles. The van der Waals surface area contributed by atoms with E-state index in [0.29, 0.717) is 25.1 Å². The number of aromatic nitrogens is 1. The molecule has 30 heavy (non-hydrogen) atoms. The molecule has 1 heterocycles. The molecule has 6 nitrogen and oxygen atoms in total. The van der Waals surface area contributed by atoms with Gasteiger partial charge in [-0.2, -0.15) is 0 Å². The summed E-state index contributed by atoms with van der Waals surface area (Å²) in [6.45, 7) is 2.61. The van der Waals surface area contributed by atoms with Gasteiger partial charge in [-0.05, 0) is 67.4 Å². The summed E-state index contributed by atoms with van der Waals surface area (Å²) in [7, 11) is 0. The molecule has 0 aliphatic rings. The number of aldehydes is 1. The fourth-order valence-corrected chi connectivity index (χ4v) is 3.22. The van der Waals surface area contributed by atoms with E-state index in [1.165, 1.54) is 12.1 Å². The van der Waals surface area contributed by atoms with Crippen molar-refractivity contribution in [2.75, 3.05) is 6.54 Å². The quantitative estimate of drug-likeness (QED) is 0.442. The number of benzene rings is 2. The standard InChI is InChI=1S/C24H24N2O4/c1-2-26(24(30)19(16-27)14-17-6-10-21(28)11-7-17)15-20-4-3-5-23(25-20)18-8-12-22(29)13-9-18/h3-13,16,19,28-29H,2,14-15H2,1H3. The highest BCUT2D eigenvalue weighted by Crippen LogP contribution is 2.21. The summed E-state index contributed by atoms with van der Waals surface area (Å²) in [5.74, 6) is -0.721. The number of aromatic hydroxyl groups is 2. The van der Waals surface area contributed by atoms with Crippen LogP contribution in [0.3, 0.4) is 0 Å². The second-order valence-corrected chi connectivity index (χ2v) is 7.03. The van der Waals surface area contributed by atoms with Crippen LogP contribution in [0.25, 0.3) is 11.3 Å². The predicted octanol–water partition coefficient (Wildman–Crippen LogP) is 3.57. The molecule has 2 N–H and O–H groups in total. The van der Waals surface area contributed by atoms with Crippen molar-refractivity contribution in [3.05, 3.63) is 78.0 Å². The zero-order valence-corrected chi connectivity index (χ0v) is 16.7. The number of carbonyl (C=O) groups excluding carboxylic acids is 2. The number of carbonyl (C=O) groups is 2. The van der Waals surface area contributed by atoms with Crippen LogP contribution in [0.2, 0.25) is 0 Å². The first-order valence-electron chi connectivity index (χ1n) is 9.77. The third-order valence-corrected chi connectivity index (χ3v) is 4.89. The number of phenolic OH excluding ortho intramolecular Hbond substituents is 2. The van der Waals surface area contributed by atoms with Gasteiger partial charge in [-0.25, -0.2) is 0 Å². The van der Waals surface area contributed by atoms with Crippen LogP contribution in [0.5, 0.6) is 11.5 Å². The Kier molecular flexibility index (Phi) is 6.80. The number of amides is 1. The Bertz CT molecular complexity index is 1000. The van der Waals surface area contributed by atoms with Gasteiger partial charge >= 0.3 is 0 Å². The van der Waals surface area contributed by atoms with Crippen molar-refractivity contribution in [1.82, 2.24) is 9.88 Å². The van der Waals surface area contributed by atoms with Crippen molar-refractivity contribution in [2.45, 2.75) is 19.9 Å². The van der Waals surface area contributed by atoms with E-state index in [1.807, 2.05) is 25.1 Å². The van der Waals surface area contributed by atoms with Gasteiger partial charge in [0.1, 0.15) is 17.8 Å². The Morgan fingerprint density at radius 1 is 1.00 bits per heavy atom. The summed E-state index contributed by atoms with van der Waals surface area (Å²) < 4.78 is 0. The summed E-state index contributed by atoms with van der Waals surface area (Å²) >= 11 is 0. The lowest BCUT2D eigenvalue weighted by Crippen LogP contribution is -2.37. The van der Waals surface area contributed by atoms with E-state index in [0.717, 1.165) is 16.8 Å². The van der Waals surface area contributed by atoms with Crippen LogP contribution in [0.4, 0.5) is 0 Å². The molecule has 1 aromatic heterocycles. The Morgan fingerprint density at radius 2 is 1.63 bits per heavy atom. The molecule has 3 rings (SSSR count). The van der Waals surface area contributed by atoms with Crippen molar-refractivity contribution < 1.29 is 19.8 Å². The monoisotopic (exact) mass is 404 g/mol. The van der Waals surface area contributed by atoms with E-state index in [9.17, 15) is 19.8 Å². The summed E-state index contributed by atoms with van der Waals surface area (Å²) in [4.78, 5) is 30.8. The van der Waals surface area contributed by atoms with Gasteiger partial charge in [0.05, 0.1) is 23.9 Å². The van der Waals surface area contributed by atoms with E-state index in [2.05, 4.69) is 4.98 Å². The maximum atomic E-state index is 13.0. The van der Waals surface area contributed by atoms with Gasteiger partial charge in [0.15, 0.2) is 0 Å². The highest BCUT2D eigenvalue weighted by Gasteiger charge is 2.24. The highest BCUT2D eigenvalue weighted by atomic mass is 16.3. The molecule has 0 saturated carbocycles. The maximum Gasteiger partial charge on any atom is 0.233 e. The second-order valence-electron chi connectivity index (χ2n) is 7.03. The predicted molar refractivity (Wildman–Crippen MR) is 114 cm³/mol. The third-order valence-electron chi connectivity index (χ3n) is 4.89. The first kappa shape index (κ1) is 21.0. The molecule has 1 atom stereocenters. The fourth-order valence-electron chi connectivity index (χ4n) is 3.22.